The summed E-state index contributed by atoms with van der Waals surface area (Å²) in [4.78, 5) is 2.67. The lowest BCUT2D eigenvalue weighted by Crippen LogP contribution is -2.43. The Hall–Kier alpha value is -0.0400. The van der Waals surface area contributed by atoms with Crippen molar-refractivity contribution in [2.45, 2.75) is 57.4 Å². The van der Waals surface area contributed by atoms with E-state index in [0.29, 0.717) is 5.54 Å². The predicted molar refractivity (Wildman–Crippen MR) is 56.8 cm³/mol. The highest BCUT2D eigenvalue weighted by Gasteiger charge is 2.46. The molecule has 1 nitrogen and oxygen atoms in total. The normalized spacial score (nSPS) is 37.6. The molecule has 0 aromatic heterocycles. The van der Waals surface area contributed by atoms with Crippen LogP contribution in [0.1, 0.15) is 51.9 Å². The molecule has 2 aliphatic carbocycles. The molecular weight excluding hydrogens is 158 g/mol. The van der Waals surface area contributed by atoms with Crippen LogP contribution in [0.3, 0.4) is 0 Å². The maximum absolute atomic E-state index is 2.67. The van der Waals surface area contributed by atoms with Gasteiger partial charge in [-0.3, -0.25) is 0 Å². The molecule has 13 heavy (non-hydrogen) atoms. The molecule has 1 heteroatoms. The van der Waals surface area contributed by atoms with Gasteiger partial charge in [-0.2, -0.15) is 0 Å². The topological polar surface area (TPSA) is 3.24 Å². The van der Waals surface area contributed by atoms with E-state index >= 15 is 0 Å². The largest absolute Gasteiger partial charge is 0.301 e. The second-order valence-electron chi connectivity index (χ2n) is 5.15. The fourth-order valence-electron chi connectivity index (χ4n) is 3.33. The van der Waals surface area contributed by atoms with Crippen molar-refractivity contribution in [1.82, 2.24) is 4.90 Å². The Bertz CT molecular complexity index is 168. The van der Waals surface area contributed by atoms with Crippen molar-refractivity contribution in [3.8, 4) is 0 Å². The van der Waals surface area contributed by atoms with Crippen molar-refractivity contribution >= 4 is 0 Å². The first-order chi connectivity index (χ1) is 6.27. The van der Waals surface area contributed by atoms with Crippen LogP contribution in [0.4, 0.5) is 0 Å². The third-order valence-electron chi connectivity index (χ3n) is 4.36. The minimum absolute atomic E-state index is 0.653. The third kappa shape index (κ3) is 1.63. The number of nitrogens with zero attached hydrogens (tertiary/aromatic N) is 1. The molecule has 0 saturated heterocycles. The van der Waals surface area contributed by atoms with Gasteiger partial charge < -0.3 is 4.90 Å². The van der Waals surface area contributed by atoms with Crippen molar-refractivity contribution < 1.29 is 0 Å². The van der Waals surface area contributed by atoms with E-state index in [1.165, 1.54) is 51.5 Å². The van der Waals surface area contributed by atoms with Gasteiger partial charge in [-0.05, 0) is 58.0 Å². The molecular formula is C12H23N. The first kappa shape index (κ1) is 9.51. The zero-order chi connectivity index (χ0) is 9.31. The SMILES string of the molecule is CCCCN(C)C12CCC(CC1)C2. The van der Waals surface area contributed by atoms with Gasteiger partial charge in [-0.1, -0.05) is 13.3 Å². The molecule has 0 heterocycles. The van der Waals surface area contributed by atoms with E-state index in [1.807, 2.05) is 0 Å². The average molecular weight is 181 g/mol. The van der Waals surface area contributed by atoms with Crippen LogP contribution in [-0.4, -0.2) is 24.0 Å². The number of unbranched alkanes of at least 4 members (excludes halogenated alkanes) is 1. The molecule has 0 amide bonds. The van der Waals surface area contributed by atoms with Crippen LogP contribution in [0.2, 0.25) is 0 Å². The summed E-state index contributed by atoms with van der Waals surface area (Å²) in [6.45, 7) is 3.61. The molecule has 2 aliphatic rings. The Labute approximate surface area is 82.5 Å². The van der Waals surface area contributed by atoms with E-state index in [1.54, 1.807) is 0 Å². The number of rotatable bonds is 4. The quantitative estimate of drug-likeness (QED) is 0.644. The Kier molecular flexibility index (Phi) is 2.64. The maximum atomic E-state index is 2.67. The number of hydrogen-bond acceptors (Lipinski definition) is 1. The van der Waals surface area contributed by atoms with E-state index in [2.05, 4.69) is 18.9 Å². The second-order valence-corrected chi connectivity index (χ2v) is 5.15. The molecule has 2 saturated carbocycles. The van der Waals surface area contributed by atoms with Gasteiger partial charge in [-0.25, -0.2) is 0 Å². The van der Waals surface area contributed by atoms with Crippen LogP contribution >= 0.6 is 0 Å². The summed E-state index contributed by atoms with van der Waals surface area (Å²) in [7, 11) is 2.35. The van der Waals surface area contributed by atoms with Crippen LogP contribution in [0.5, 0.6) is 0 Å². The monoisotopic (exact) mass is 181 g/mol. The summed E-state index contributed by atoms with van der Waals surface area (Å²) < 4.78 is 0. The Morgan fingerprint density at radius 3 is 2.46 bits per heavy atom. The summed E-state index contributed by atoms with van der Waals surface area (Å²) in [5, 5.41) is 0. The van der Waals surface area contributed by atoms with E-state index < -0.39 is 0 Å². The summed E-state index contributed by atoms with van der Waals surface area (Å²) >= 11 is 0. The predicted octanol–water partition coefficient (Wildman–Crippen LogP) is 3.05. The van der Waals surface area contributed by atoms with Crippen molar-refractivity contribution in [3.63, 3.8) is 0 Å². The third-order valence-corrected chi connectivity index (χ3v) is 4.36. The molecule has 2 rings (SSSR count). The highest BCUT2D eigenvalue weighted by atomic mass is 15.2. The smallest absolute Gasteiger partial charge is 0.0209 e. The van der Waals surface area contributed by atoms with Crippen LogP contribution in [-0.2, 0) is 0 Å². The Morgan fingerprint density at radius 1 is 1.31 bits per heavy atom. The fraction of sp³-hybridized carbons (Fsp3) is 1.00. The first-order valence-corrected chi connectivity index (χ1v) is 5.98. The minimum atomic E-state index is 0.653. The van der Waals surface area contributed by atoms with Crippen LogP contribution in [0, 0.1) is 5.92 Å². The van der Waals surface area contributed by atoms with Crippen LogP contribution in [0.15, 0.2) is 0 Å². The summed E-state index contributed by atoms with van der Waals surface area (Å²) in [5.74, 6) is 1.09. The summed E-state index contributed by atoms with van der Waals surface area (Å²) in [5.41, 5.74) is 0.653. The highest BCUT2D eigenvalue weighted by molar-refractivity contribution is 5.02. The van der Waals surface area contributed by atoms with Crippen molar-refractivity contribution in [2.24, 2.45) is 5.92 Å². The van der Waals surface area contributed by atoms with Gasteiger partial charge in [0.15, 0.2) is 0 Å². The van der Waals surface area contributed by atoms with Gasteiger partial charge in [0, 0.05) is 5.54 Å². The van der Waals surface area contributed by atoms with Gasteiger partial charge in [0.25, 0.3) is 0 Å². The molecule has 0 radical (unpaired) electrons. The van der Waals surface area contributed by atoms with E-state index in [-0.39, 0.29) is 0 Å². The number of fused-ring (bicyclic) bond motifs is 2. The molecule has 0 aliphatic heterocycles. The van der Waals surface area contributed by atoms with Gasteiger partial charge in [0.2, 0.25) is 0 Å². The van der Waals surface area contributed by atoms with E-state index in [0.717, 1.165) is 5.92 Å². The fourth-order valence-corrected chi connectivity index (χ4v) is 3.33. The first-order valence-electron chi connectivity index (χ1n) is 5.98. The van der Waals surface area contributed by atoms with Gasteiger partial charge >= 0.3 is 0 Å². The van der Waals surface area contributed by atoms with Gasteiger partial charge in [0.05, 0.1) is 0 Å². The molecule has 0 unspecified atom stereocenters. The molecule has 0 atom stereocenters. The van der Waals surface area contributed by atoms with Gasteiger partial charge in [-0.15, -0.1) is 0 Å². The zero-order valence-corrected chi connectivity index (χ0v) is 9.18. The van der Waals surface area contributed by atoms with E-state index in [9.17, 15) is 0 Å². The lowest BCUT2D eigenvalue weighted by molar-refractivity contribution is 0.125. The zero-order valence-electron chi connectivity index (χ0n) is 9.18. The van der Waals surface area contributed by atoms with Crippen molar-refractivity contribution in [1.29, 1.82) is 0 Å². The van der Waals surface area contributed by atoms with Crippen LogP contribution < -0.4 is 0 Å². The molecule has 2 fully saturated rings. The van der Waals surface area contributed by atoms with Crippen LogP contribution in [0.25, 0.3) is 0 Å². The lowest BCUT2D eigenvalue weighted by atomic mass is 9.92. The summed E-state index contributed by atoms with van der Waals surface area (Å²) in [6, 6.07) is 0. The molecule has 2 bridgehead atoms. The lowest BCUT2D eigenvalue weighted by Gasteiger charge is -2.37. The summed E-state index contributed by atoms with van der Waals surface area (Å²) in [6.07, 6.45) is 10.2. The Balaban J connectivity index is 1.91. The standard InChI is InChI=1S/C12H23N/c1-3-4-9-13(2)12-7-5-11(10-12)6-8-12/h11H,3-10H2,1-2H3. The Morgan fingerprint density at radius 2 is 2.00 bits per heavy atom. The van der Waals surface area contributed by atoms with E-state index in [4.69, 9.17) is 0 Å². The molecule has 0 aromatic rings. The second kappa shape index (κ2) is 3.61. The molecule has 0 aromatic carbocycles. The molecule has 0 N–H and O–H groups in total. The van der Waals surface area contributed by atoms with Gasteiger partial charge in [0.1, 0.15) is 0 Å². The minimum Gasteiger partial charge on any atom is -0.301 e. The molecule has 76 valence electrons. The highest BCUT2D eigenvalue weighted by Crippen LogP contribution is 2.50. The average Bonchev–Trinajstić information content (AvgIpc) is 2.74. The molecule has 0 spiro atoms. The van der Waals surface area contributed by atoms with Crippen molar-refractivity contribution in [3.05, 3.63) is 0 Å². The number of hydrogen-bond donors (Lipinski definition) is 0. The van der Waals surface area contributed by atoms with Crippen molar-refractivity contribution in [2.75, 3.05) is 13.6 Å². The maximum Gasteiger partial charge on any atom is 0.0209 e.